The van der Waals surface area contributed by atoms with Crippen LogP contribution in [0.5, 0.6) is 0 Å². The van der Waals surface area contributed by atoms with Gasteiger partial charge in [-0.1, -0.05) is 6.92 Å². The normalized spacial score (nSPS) is 24.1. The van der Waals surface area contributed by atoms with E-state index in [1.54, 1.807) is 6.92 Å². The highest BCUT2D eigenvalue weighted by Crippen LogP contribution is 2.12. The van der Waals surface area contributed by atoms with Crippen molar-refractivity contribution in [1.29, 1.82) is 0 Å². The molecule has 15 heavy (non-hydrogen) atoms. The molecule has 1 aliphatic heterocycles. The summed E-state index contributed by atoms with van der Waals surface area (Å²) in [6.45, 7) is 2.26. The SMILES string of the molecule is CCC(=O)OC1CNC(C(=O)OC)C1.Cl. The minimum Gasteiger partial charge on any atom is -0.468 e. The van der Waals surface area contributed by atoms with E-state index in [1.807, 2.05) is 0 Å². The van der Waals surface area contributed by atoms with E-state index in [1.165, 1.54) is 7.11 Å². The first-order valence-corrected chi connectivity index (χ1v) is 4.68. The number of hydrogen-bond acceptors (Lipinski definition) is 5. The Morgan fingerprint density at radius 1 is 1.47 bits per heavy atom. The Balaban J connectivity index is 0.00000196. The van der Waals surface area contributed by atoms with Gasteiger partial charge in [-0.3, -0.25) is 9.59 Å². The van der Waals surface area contributed by atoms with Crippen LogP contribution in [0.15, 0.2) is 0 Å². The van der Waals surface area contributed by atoms with Crippen LogP contribution in [0.3, 0.4) is 0 Å². The highest BCUT2D eigenvalue weighted by Gasteiger charge is 2.31. The van der Waals surface area contributed by atoms with Crippen LogP contribution in [0.2, 0.25) is 0 Å². The lowest BCUT2D eigenvalue weighted by Crippen LogP contribution is -2.31. The van der Waals surface area contributed by atoms with Gasteiger partial charge in [0, 0.05) is 19.4 Å². The molecule has 1 fully saturated rings. The molecule has 0 aliphatic carbocycles. The highest BCUT2D eigenvalue weighted by atomic mass is 35.5. The Bertz CT molecular complexity index is 234. The Kier molecular flexibility index (Phi) is 6.27. The summed E-state index contributed by atoms with van der Waals surface area (Å²) >= 11 is 0. The molecule has 0 amide bonds. The fraction of sp³-hybridized carbons (Fsp3) is 0.778. The minimum absolute atomic E-state index is 0. The molecule has 0 aromatic rings. The summed E-state index contributed by atoms with van der Waals surface area (Å²) < 4.78 is 9.65. The fourth-order valence-corrected chi connectivity index (χ4v) is 1.38. The molecule has 0 aromatic carbocycles. The maximum Gasteiger partial charge on any atom is 0.323 e. The van der Waals surface area contributed by atoms with E-state index in [4.69, 9.17) is 4.74 Å². The zero-order valence-corrected chi connectivity index (χ0v) is 9.63. The van der Waals surface area contributed by atoms with Crippen molar-refractivity contribution in [1.82, 2.24) is 5.32 Å². The van der Waals surface area contributed by atoms with E-state index in [-0.39, 0.29) is 36.5 Å². The average Bonchev–Trinajstić information content (AvgIpc) is 2.65. The summed E-state index contributed by atoms with van der Waals surface area (Å²) in [6, 6.07) is -0.338. The summed E-state index contributed by atoms with van der Waals surface area (Å²) in [5.41, 5.74) is 0. The molecule has 88 valence electrons. The monoisotopic (exact) mass is 237 g/mol. The Morgan fingerprint density at radius 3 is 2.67 bits per heavy atom. The first-order valence-electron chi connectivity index (χ1n) is 4.68. The number of methoxy groups -OCH3 is 1. The number of hydrogen-bond donors (Lipinski definition) is 1. The zero-order chi connectivity index (χ0) is 10.6. The molecule has 1 heterocycles. The van der Waals surface area contributed by atoms with Crippen LogP contribution >= 0.6 is 12.4 Å². The van der Waals surface area contributed by atoms with E-state index in [9.17, 15) is 9.59 Å². The Hall–Kier alpha value is -0.810. The standard InChI is InChI=1S/C9H15NO4.ClH/c1-3-8(11)14-6-4-7(10-5-6)9(12)13-2;/h6-7,10H,3-5H2,1-2H3;1H. The van der Waals surface area contributed by atoms with Gasteiger partial charge >= 0.3 is 11.9 Å². The lowest BCUT2D eigenvalue weighted by Gasteiger charge is -2.09. The number of esters is 2. The number of rotatable bonds is 3. The molecule has 5 nitrogen and oxygen atoms in total. The lowest BCUT2D eigenvalue weighted by atomic mass is 10.2. The average molecular weight is 238 g/mol. The summed E-state index contributed by atoms with van der Waals surface area (Å²) in [6.07, 6.45) is 0.657. The largest absolute Gasteiger partial charge is 0.468 e. The van der Waals surface area contributed by atoms with Gasteiger partial charge in [0.05, 0.1) is 7.11 Å². The molecule has 0 aromatic heterocycles. The topological polar surface area (TPSA) is 64.6 Å². The first-order chi connectivity index (χ1) is 6.67. The van der Waals surface area contributed by atoms with Crippen molar-refractivity contribution in [2.45, 2.75) is 31.9 Å². The zero-order valence-electron chi connectivity index (χ0n) is 8.82. The van der Waals surface area contributed by atoms with Gasteiger partial charge in [-0.05, 0) is 0 Å². The van der Waals surface area contributed by atoms with Crippen molar-refractivity contribution in [3.63, 3.8) is 0 Å². The van der Waals surface area contributed by atoms with Gasteiger partial charge in [0.1, 0.15) is 12.1 Å². The van der Waals surface area contributed by atoms with Crippen molar-refractivity contribution >= 4 is 24.3 Å². The van der Waals surface area contributed by atoms with E-state index >= 15 is 0 Å². The van der Waals surface area contributed by atoms with Crippen LogP contribution < -0.4 is 5.32 Å². The second-order valence-corrected chi connectivity index (χ2v) is 3.19. The molecule has 0 spiro atoms. The minimum atomic E-state index is -0.338. The Labute approximate surface area is 94.9 Å². The van der Waals surface area contributed by atoms with Crippen molar-refractivity contribution in [3.8, 4) is 0 Å². The fourth-order valence-electron chi connectivity index (χ4n) is 1.38. The van der Waals surface area contributed by atoms with Gasteiger partial charge in [-0.15, -0.1) is 12.4 Å². The maximum absolute atomic E-state index is 11.1. The van der Waals surface area contributed by atoms with Crippen molar-refractivity contribution < 1.29 is 19.1 Å². The maximum atomic E-state index is 11.1. The molecule has 2 atom stereocenters. The predicted molar refractivity (Wildman–Crippen MR) is 55.8 cm³/mol. The molecule has 6 heteroatoms. The molecule has 0 saturated carbocycles. The number of ether oxygens (including phenoxy) is 2. The number of halogens is 1. The van der Waals surface area contributed by atoms with E-state index in [0.29, 0.717) is 19.4 Å². The summed E-state index contributed by atoms with van der Waals surface area (Å²) in [7, 11) is 1.34. The number of carbonyl (C=O) groups is 2. The summed E-state index contributed by atoms with van der Waals surface area (Å²) in [5.74, 6) is -0.539. The molecule has 1 rings (SSSR count). The molecule has 0 radical (unpaired) electrons. The van der Waals surface area contributed by atoms with Gasteiger partial charge < -0.3 is 14.8 Å². The molecule has 0 bridgehead atoms. The Morgan fingerprint density at radius 2 is 2.13 bits per heavy atom. The van der Waals surface area contributed by atoms with Gasteiger partial charge in [0.2, 0.25) is 0 Å². The van der Waals surface area contributed by atoms with Crippen LogP contribution in [-0.4, -0.2) is 37.7 Å². The summed E-state index contributed by atoms with van der Waals surface area (Å²) in [5, 5.41) is 2.94. The van der Waals surface area contributed by atoms with E-state index in [0.717, 1.165) is 0 Å². The van der Waals surface area contributed by atoms with Gasteiger partial charge in [0.15, 0.2) is 0 Å². The van der Waals surface area contributed by atoms with Crippen LogP contribution in [-0.2, 0) is 19.1 Å². The van der Waals surface area contributed by atoms with Gasteiger partial charge in [-0.25, -0.2) is 0 Å². The molecule has 1 saturated heterocycles. The van der Waals surface area contributed by atoms with Crippen LogP contribution in [0.4, 0.5) is 0 Å². The quantitative estimate of drug-likeness (QED) is 0.714. The van der Waals surface area contributed by atoms with Gasteiger partial charge in [-0.2, -0.15) is 0 Å². The van der Waals surface area contributed by atoms with Crippen LogP contribution in [0, 0.1) is 0 Å². The predicted octanol–water partition coefficient (Wildman–Crippen LogP) is 0.265. The number of carbonyl (C=O) groups excluding carboxylic acids is 2. The first kappa shape index (κ1) is 14.2. The third-order valence-corrected chi connectivity index (χ3v) is 2.16. The van der Waals surface area contributed by atoms with Crippen molar-refractivity contribution in [3.05, 3.63) is 0 Å². The third-order valence-electron chi connectivity index (χ3n) is 2.16. The van der Waals surface area contributed by atoms with E-state index in [2.05, 4.69) is 10.1 Å². The van der Waals surface area contributed by atoms with Crippen LogP contribution in [0.1, 0.15) is 19.8 Å². The van der Waals surface area contributed by atoms with Crippen LogP contribution in [0.25, 0.3) is 0 Å². The second-order valence-electron chi connectivity index (χ2n) is 3.19. The van der Waals surface area contributed by atoms with Crippen molar-refractivity contribution in [2.75, 3.05) is 13.7 Å². The van der Waals surface area contributed by atoms with Gasteiger partial charge in [0.25, 0.3) is 0 Å². The molecular formula is C9H16ClNO4. The smallest absolute Gasteiger partial charge is 0.323 e. The lowest BCUT2D eigenvalue weighted by molar-refractivity contribution is -0.149. The van der Waals surface area contributed by atoms with E-state index < -0.39 is 0 Å². The highest BCUT2D eigenvalue weighted by molar-refractivity contribution is 5.85. The molecule has 1 N–H and O–H groups in total. The second kappa shape index (κ2) is 6.63. The molecular weight excluding hydrogens is 222 g/mol. The number of nitrogens with one attached hydrogen (secondary N) is 1. The summed E-state index contributed by atoms with van der Waals surface area (Å²) in [4.78, 5) is 22.0. The van der Waals surface area contributed by atoms with Crippen molar-refractivity contribution in [2.24, 2.45) is 0 Å². The third kappa shape index (κ3) is 4.05. The molecule has 1 aliphatic rings. The molecule has 2 unspecified atom stereocenters.